The van der Waals surface area contributed by atoms with E-state index in [1.54, 1.807) is 33.9 Å². The molecule has 0 bridgehead atoms. The number of nitrogens with two attached hydrogens (primary N) is 1. The van der Waals surface area contributed by atoms with Crippen LogP contribution >= 0.6 is 12.6 Å². The Morgan fingerprint density at radius 2 is 1.61 bits per heavy atom. The molecule has 0 aliphatic heterocycles. The highest BCUT2D eigenvalue weighted by atomic mass is 32.1. The molecule has 11 nitrogen and oxygen atoms in total. The Balaban J connectivity index is 2.78. The molecule has 0 radical (unpaired) electrons. The third kappa shape index (κ3) is 8.21. The number of rotatable bonds is 12. The number of aliphatic carboxylic acids is 1. The highest BCUT2D eigenvalue weighted by Gasteiger charge is 2.32. The van der Waals surface area contributed by atoms with Gasteiger partial charge in [-0.1, -0.05) is 27.7 Å². The summed E-state index contributed by atoms with van der Waals surface area (Å²) in [5, 5.41) is 16.8. The number of thiol groups is 1. The minimum Gasteiger partial charge on any atom is -0.480 e. The molecule has 1 heterocycles. The first-order valence-electron chi connectivity index (χ1n) is 9.95. The van der Waals surface area contributed by atoms with E-state index < -0.39 is 47.9 Å². The zero-order chi connectivity index (χ0) is 23.7. The van der Waals surface area contributed by atoms with Crippen LogP contribution in [-0.2, 0) is 25.6 Å². The summed E-state index contributed by atoms with van der Waals surface area (Å²) in [7, 11) is 0. The number of nitrogens with one attached hydrogen (secondary N) is 4. The maximum absolute atomic E-state index is 12.8. The van der Waals surface area contributed by atoms with E-state index in [4.69, 9.17) is 5.73 Å². The molecular weight excluding hydrogens is 424 g/mol. The molecule has 4 unspecified atom stereocenters. The van der Waals surface area contributed by atoms with Crippen LogP contribution in [0, 0.1) is 11.8 Å². The third-order valence-electron chi connectivity index (χ3n) is 4.62. The molecule has 3 amide bonds. The molecule has 31 heavy (non-hydrogen) atoms. The van der Waals surface area contributed by atoms with Crippen LogP contribution in [0.25, 0.3) is 0 Å². The summed E-state index contributed by atoms with van der Waals surface area (Å²) in [6.45, 7) is 6.79. The van der Waals surface area contributed by atoms with Gasteiger partial charge in [0.15, 0.2) is 0 Å². The zero-order valence-electron chi connectivity index (χ0n) is 18.1. The molecule has 0 aromatic carbocycles. The topological polar surface area (TPSA) is 179 Å². The zero-order valence-corrected chi connectivity index (χ0v) is 19.0. The lowest BCUT2D eigenvalue weighted by atomic mass is 10.0. The highest BCUT2D eigenvalue weighted by molar-refractivity contribution is 7.80. The Labute approximate surface area is 186 Å². The Morgan fingerprint density at radius 1 is 1.03 bits per heavy atom. The van der Waals surface area contributed by atoms with E-state index in [-0.39, 0.29) is 24.0 Å². The van der Waals surface area contributed by atoms with E-state index in [0.29, 0.717) is 5.69 Å². The minimum atomic E-state index is -1.17. The second-order valence-corrected chi connectivity index (χ2v) is 8.30. The first kappa shape index (κ1) is 26.4. The van der Waals surface area contributed by atoms with E-state index in [0.717, 1.165) is 0 Å². The van der Waals surface area contributed by atoms with Crippen molar-refractivity contribution < 1.29 is 24.3 Å². The summed E-state index contributed by atoms with van der Waals surface area (Å²) in [6, 6.07) is -4.03. The first-order valence-corrected chi connectivity index (χ1v) is 10.6. The molecule has 7 N–H and O–H groups in total. The van der Waals surface area contributed by atoms with Gasteiger partial charge in [0.25, 0.3) is 0 Å². The van der Waals surface area contributed by atoms with Gasteiger partial charge in [0, 0.05) is 24.1 Å². The van der Waals surface area contributed by atoms with Crippen molar-refractivity contribution in [1.82, 2.24) is 25.9 Å². The van der Waals surface area contributed by atoms with Crippen molar-refractivity contribution in [3.8, 4) is 0 Å². The van der Waals surface area contributed by atoms with Gasteiger partial charge < -0.3 is 31.8 Å². The van der Waals surface area contributed by atoms with Crippen LogP contribution in [0.15, 0.2) is 12.5 Å². The highest BCUT2D eigenvalue weighted by Crippen LogP contribution is 2.06. The van der Waals surface area contributed by atoms with E-state index in [1.165, 1.54) is 6.33 Å². The van der Waals surface area contributed by atoms with Gasteiger partial charge in [-0.2, -0.15) is 12.6 Å². The van der Waals surface area contributed by atoms with Crippen LogP contribution in [0.2, 0.25) is 0 Å². The maximum atomic E-state index is 12.8. The van der Waals surface area contributed by atoms with Gasteiger partial charge in [-0.15, -0.1) is 0 Å². The second-order valence-electron chi connectivity index (χ2n) is 7.93. The van der Waals surface area contributed by atoms with E-state index >= 15 is 0 Å². The lowest BCUT2D eigenvalue weighted by Gasteiger charge is -2.26. The van der Waals surface area contributed by atoms with Crippen molar-refractivity contribution in [3.63, 3.8) is 0 Å². The molecule has 0 saturated heterocycles. The molecule has 4 atom stereocenters. The van der Waals surface area contributed by atoms with Crippen LogP contribution in [0.1, 0.15) is 33.4 Å². The number of hydrogen-bond acceptors (Lipinski definition) is 7. The summed E-state index contributed by atoms with van der Waals surface area (Å²) in [5.41, 5.74) is 6.60. The molecule has 0 fully saturated rings. The van der Waals surface area contributed by atoms with Gasteiger partial charge in [-0.25, -0.2) is 9.78 Å². The van der Waals surface area contributed by atoms with E-state index in [1.807, 2.05) is 0 Å². The molecule has 0 aliphatic carbocycles. The van der Waals surface area contributed by atoms with Crippen molar-refractivity contribution in [2.75, 3.05) is 5.75 Å². The minimum absolute atomic E-state index is 0.0554. The average molecular weight is 457 g/mol. The molecule has 0 saturated carbocycles. The number of carboxylic acid groups (broad SMARTS) is 1. The summed E-state index contributed by atoms with van der Waals surface area (Å²) >= 11 is 4.09. The SMILES string of the molecule is CC(C)C(NC(=O)C(CS)NC(=O)C(NC(=O)C(N)Cc1cnc[nH]1)C(C)C)C(=O)O. The Kier molecular flexibility index (Phi) is 10.5. The Bertz CT molecular complexity index is 755. The van der Waals surface area contributed by atoms with Gasteiger partial charge in [0.2, 0.25) is 17.7 Å². The van der Waals surface area contributed by atoms with Crippen molar-refractivity contribution >= 4 is 36.3 Å². The number of nitrogens with zero attached hydrogens (tertiary/aromatic N) is 1. The van der Waals surface area contributed by atoms with Crippen LogP contribution in [0.4, 0.5) is 0 Å². The molecule has 0 aliphatic rings. The number of aromatic nitrogens is 2. The predicted molar refractivity (Wildman–Crippen MR) is 117 cm³/mol. The predicted octanol–water partition coefficient (Wildman–Crippen LogP) is -0.940. The van der Waals surface area contributed by atoms with Gasteiger partial charge in [-0.05, 0) is 11.8 Å². The largest absolute Gasteiger partial charge is 0.480 e. The van der Waals surface area contributed by atoms with Gasteiger partial charge in [0.05, 0.1) is 12.4 Å². The van der Waals surface area contributed by atoms with Crippen LogP contribution in [0.3, 0.4) is 0 Å². The average Bonchev–Trinajstić information content (AvgIpc) is 3.19. The monoisotopic (exact) mass is 456 g/mol. The molecule has 1 aromatic heterocycles. The fourth-order valence-electron chi connectivity index (χ4n) is 2.74. The fraction of sp³-hybridized carbons (Fsp3) is 0.632. The van der Waals surface area contributed by atoms with Crippen molar-refractivity contribution in [2.45, 2.75) is 58.3 Å². The first-order chi connectivity index (χ1) is 14.5. The third-order valence-corrected chi connectivity index (χ3v) is 4.99. The fourth-order valence-corrected chi connectivity index (χ4v) is 3.00. The van der Waals surface area contributed by atoms with Crippen molar-refractivity contribution in [3.05, 3.63) is 18.2 Å². The number of H-pyrrole nitrogens is 1. The van der Waals surface area contributed by atoms with Crippen molar-refractivity contribution in [1.29, 1.82) is 0 Å². The quantitative estimate of drug-likeness (QED) is 0.198. The van der Waals surface area contributed by atoms with Gasteiger partial charge >= 0.3 is 5.97 Å². The number of hydrogen-bond donors (Lipinski definition) is 7. The molecule has 1 aromatic rings. The number of aromatic amines is 1. The normalized spacial score (nSPS) is 15.1. The van der Waals surface area contributed by atoms with Crippen molar-refractivity contribution in [2.24, 2.45) is 17.6 Å². The summed E-state index contributed by atoms with van der Waals surface area (Å²) < 4.78 is 0. The molecule has 1 rings (SSSR count). The van der Waals surface area contributed by atoms with Gasteiger partial charge in [0.1, 0.15) is 18.1 Å². The lowest BCUT2D eigenvalue weighted by Crippen LogP contribution is -2.59. The number of amides is 3. The number of carbonyl (C=O) groups is 4. The number of carbonyl (C=O) groups excluding carboxylic acids is 3. The Hall–Kier alpha value is -2.60. The van der Waals surface area contributed by atoms with E-state index in [9.17, 15) is 24.3 Å². The smallest absolute Gasteiger partial charge is 0.326 e. The Morgan fingerprint density at radius 3 is 2.06 bits per heavy atom. The lowest BCUT2D eigenvalue weighted by molar-refractivity contribution is -0.143. The van der Waals surface area contributed by atoms with Crippen LogP contribution in [-0.4, -0.2) is 68.7 Å². The summed E-state index contributed by atoms with van der Waals surface area (Å²) in [4.78, 5) is 55.7. The molecule has 174 valence electrons. The summed E-state index contributed by atoms with van der Waals surface area (Å²) in [5.74, 6) is -3.67. The number of imidazole rings is 1. The van der Waals surface area contributed by atoms with Crippen LogP contribution < -0.4 is 21.7 Å². The van der Waals surface area contributed by atoms with Gasteiger partial charge in [-0.3, -0.25) is 14.4 Å². The number of carboxylic acids is 1. The maximum Gasteiger partial charge on any atom is 0.326 e. The molecule has 12 heteroatoms. The van der Waals surface area contributed by atoms with Crippen LogP contribution in [0.5, 0.6) is 0 Å². The molecule has 0 spiro atoms. The standard InChI is InChI=1S/C19H32N6O5S/c1-9(2)14(24-16(26)12(20)5-11-6-21-8-22-11)18(28)23-13(7-31)17(27)25-15(10(3)4)19(29)30/h6,8-10,12-15,31H,5,7,20H2,1-4H3,(H,21,22)(H,23,28)(H,24,26)(H,25,27)(H,29,30). The second kappa shape index (κ2) is 12.3. The van der Waals surface area contributed by atoms with E-state index in [2.05, 4.69) is 38.5 Å². The molecular formula is C19H32N6O5S. The summed E-state index contributed by atoms with van der Waals surface area (Å²) in [6.07, 6.45) is 3.24.